The predicted molar refractivity (Wildman–Crippen MR) is 91.4 cm³/mol. The summed E-state index contributed by atoms with van der Waals surface area (Å²) >= 11 is 0. The summed E-state index contributed by atoms with van der Waals surface area (Å²) < 4.78 is 21.0. The molecule has 138 valence electrons. The summed E-state index contributed by atoms with van der Waals surface area (Å²) in [4.78, 5) is 24.8. The number of aromatic nitrogens is 1. The Morgan fingerprint density at radius 1 is 1.19 bits per heavy atom. The molecular weight excluding hydrogens is 340 g/mol. The fourth-order valence-corrected chi connectivity index (χ4v) is 2.52. The maximum Gasteiger partial charge on any atom is 0.344 e. The van der Waals surface area contributed by atoms with Gasteiger partial charge in [-0.05, 0) is 26.0 Å². The number of rotatable bonds is 5. The van der Waals surface area contributed by atoms with Crippen LogP contribution in [0.15, 0.2) is 22.7 Å². The van der Waals surface area contributed by atoms with Gasteiger partial charge in [-0.25, -0.2) is 4.79 Å². The van der Waals surface area contributed by atoms with Gasteiger partial charge in [0.2, 0.25) is 6.79 Å². The van der Waals surface area contributed by atoms with Gasteiger partial charge in [-0.3, -0.25) is 4.79 Å². The number of amides is 1. The lowest BCUT2D eigenvalue weighted by molar-refractivity contribution is -0.123. The Kier molecular flexibility index (Phi) is 4.83. The number of hydrogen-bond donors (Lipinski definition) is 1. The van der Waals surface area contributed by atoms with Gasteiger partial charge in [-0.15, -0.1) is 0 Å². The van der Waals surface area contributed by atoms with Crippen molar-refractivity contribution >= 4 is 17.6 Å². The van der Waals surface area contributed by atoms with Crippen molar-refractivity contribution in [1.82, 2.24) is 5.16 Å². The maximum absolute atomic E-state index is 12.4. The molecule has 0 spiro atoms. The van der Waals surface area contributed by atoms with Crippen molar-refractivity contribution in [2.45, 2.75) is 39.7 Å². The van der Waals surface area contributed by atoms with Crippen LogP contribution in [0, 0.1) is 6.92 Å². The third kappa shape index (κ3) is 3.49. The van der Waals surface area contributed by atoms with Crippen LogP contribution in [0.1, 0.15) is 48.5 Å². The van der Waals surface area contributed by atoms with E-state index < -0.39 is 18.0 Å². The Hall–Kier alpha value is -3.03. The quantitative estimate of drug-likeness (QED) is 0.818. The molecule has 1 atom stereocenters. The summed E-state index contributed by atoms with van der Waals surface area (Å²) in [7, 11) is 0. The molecule has 8 heteroatoms. The second kappa shape index (κ2) is 7.07. The minimum Gasteiger partial charge on any atom is -0.454 e. The molecule has 0 saturated heterocycles. The molecule has 2 aromatic rings. The van der Waals surface area contributed by atoms with Crippen LogP contribution in [0.3, 0.4) is 0 Å². The average Bonchev–Trinajstić information content (AvgIpc) is 3.20. The van der Waals surface area contributed by atoms with Gasteiger partial charge in [0.05, 0.1) is 5.69 Å². The molecule has 3 rings (SSSR count). The van der Waals surface area contributed by atoms with Crippen LogP contribution in [-0.2, 0) is 9.53 Å². The average molecular weight is 360 g/mol. The lowest BCUT2D eigenvalue weighted by atomic mass is 10.1. The van der Waals surface area contributed by atoms with Gasteiger partial charge in [0.25, 0.3) is 5.91 Å². The number of esters is 1. The number of nitrogens with zero attached hydrogens (tertiary/aromatic N) is 1. The van der Waals surface area contributed by atoms with E-state index in [2.05, 4.69) is 10.5 Å². The van der Waals surface area contributed by atoms with Crippen molar-refractivity contribution in [2.75, 3.05) is 12.1 Å². The van der Waals surface area contributed by atoms with Crippen LogP contribution < -0.4 is 14.8 Å². The molecule has 8 nitrogen and oxygen atoms in total. The van der Waals surface area contributed by atoms with E-state index in [0.717, 1.165) is 0 Å². The molecule has 1 N–H and O–H groups in total. The molecular formula is C18H20N2O6. The van der Waals surface area contributed by atoms with Crippen LogP contribution in [-0.4, -0.2) is 29.9 Å². The van der Waals surface area contributed by atoms with Crippen molar-refractivity contribution < 1.29 is 28.3 Å². The molecule has 1 amide bonds. The molecule has 1 aromatic carbocycles. The van der Waals surface area contributed by atoms with Crippen molar-refractivity contribution in [3.8, 4) is 11.5 Å². The Balaban J connectivity index is 1.66. The number of nitrogens with one attached hydrogen (secondary N) is 1. The highest BCUT2D eigenvalue weighted by atomic mass is 16.7. The first-order valence-corrected chi connectivity index (χ1v) is 8.24. The zero-order chi connectivity index (χ0) is 18.8. The topological polar surface area (TPSA) is 99.9 Å². The van der Waals surface area contributed by atoms with E-state index in [1.54, 1.807) is 25.1 Å². The standard InChI is InChI=1S/C18H20N2O6/c1-9(2)16-15(10(3)20-26-16)18(22)25-11(4)17(21)19-12-5-6-13-14(7-12)24-8-23-13/h5-7,9,11H,8H2,1-4H3,(H,19,21)/t11-/m1/s1. The van der Waals surface area contributed by atoms with E-state index in [9.17, 15) is 9.59 Å². The lowest BCUT2D eigenvalue weighted by Gasteiger charge is -2.14. The molecule has 0 bridgehead atoms. The highest BCUT2D eigenvalue weighted by molar-refractivity contribution is 5.98. The normalized spacial score (nSPS) is 13.6. The minimum absolute atomic E-state index is 0.0310. The van der Waals surface area contributed by atoms with E-state index in [4.69, 9.17) is 18.7 Å². The summed E-state index contributed by atoms with van der Waals surface area (Å²) in [5.74, 6) is 0.478. The second-order valence-electron chi connectivity index (χ2n) is 6.27. The van der Waals surface area contributed by atoms with Crippen LogP contribution in [0.5, 0.6) is 11.5 Å². The van der Waals surface area contributed by atoms with Crippen molar-refractivity contribution in [3.63, 3.8) is 0 Å². The van der Waals surface area contributed by atoms with E-state index in [0.29, 0.717) is 28.6 Å². The van der Waals surface area contributed by atoms with Crippen LogP contribution in [0.25, 0.3) is 0 Å². The van der Waals surface area contributed by atoms with E-state index in [1.807, 2.05) is 13.8 Å². The molecule has 2 heterocycles. The van der Waals surface area contributed by atoms with Gasteiger partial charge in [0.15, 0.2) is 23.4 Å². The van der Waals surface area contributed by atoms with Gasteiger partial charge < -0.3 is 24.1 Å². The van der Waals surface area contributed by atoms with Gasteiger partial charge >= 0.3 is 5.97 Å². The summed E-state index contributed by atoms with van der Waals surface area (Å²) in [5, 5.41) is 6.49. The maximum atomic E-state index is 12.4. The fraction of sp³-hybridized carbons (Fsp3) is 0.389. The molecule has 0 fully saturated rings. The Labute approximate surface area is 150 Å². The number of aryl methyl sites for hydroxylation is 1. The SMILES string of the molecule is Cc1noc(C(C)C)c1C(=O)O[C@H](C)C(=O)Nc1ccc2c(c1)OCO2. The number of anilines is 1. The zero-order valence-corrected chi connectivity index (χ0v) is 15.0. The summed E-state index contributed by atoms with van der Waals surface area (Å²) in [6.45, 7) is 7.07. The van der Waals surface area contributed by atoms with Gasteiger partial charge in [0, 0.05) is 17.7 Å². The van der Waals surface area contributed by atoms with Gasteiger partial charge in [-0.2, -0.15) is 0 Å². The third-order valence-corrected chi connectivity index (χ3v) is 3.91. The predicted octanol–water partition coefficient (Wildman–Crippen LogP) is 3.02. The number of hydrogen-bond acceptors (Lipinski definition) is 7. The number of benzene rings is 1. The number of ether oxygens (including phenoxy) is 3. The number of carbonyl (C=O) groups excluding carboxylic acids is 2. The van der Waals surface area contributed by atoms with Gasteiger partial charge in [-0.1, -0.05) is 19.0 Å². The Morgan fingerprint density at radius 2 is 1.92 bits per heavy atom. The lowest BCUT2D eigenvalue weighted by Crippen LogP contribution is -2.30. The Morgan fingerprint density at radius 3 is 2.65 bits per heavy atom. The molecule has 1 aromatic heterocycles. The number of carbonyl (C=O) groups is 2. The first-order chi connectivity index (χ1) is 12.4. The molecule has 0 unspecified atom stereocenters. The highest BCUT2D eigenvalue weighted by Crippen LogP contribution is 2.34. The van der Waals surface area contributed by atoms with Crippen molar-refractivity contribution in [3.05, 3.63) is 35.2 Å². The van der Waals surface area contributed by atoms with Crippen molar-refractivity contribution in [2.24, 2.45) is 0 Å². The first-order valence-electron chi connectivity index (χ1n) is 8.24. The summed E-state index contributed by atoms with van der Waals surface area (Å²) in [6.07, 6.45) is -0.998. The van der Waals surface area contributed by atoms with E-state index in [1.165, 1.54) is 6.92 Å². The van der Waals surface area contributed by atoms with Crippen LogP contribution >= 0.6 is 0 Å². The van der Waals surface area contributed by atoms with E-state index in [-0.39, 0.29) is 18.3 Å². The highest BCUT2D eigenvalue weighted by Gasteiger charge is 2.27. The largest absolute Gasteiger partial charge is 0.454 e. The summed E-state index contributed by atoms with van der Waals surface area (Å²) in [5.41, 5.74) is 1.22. The molecule has 1 aliphatic rings. The molecule has 26 heavy (non-hydrogen) atoms. The monoisotopic (exact) mass is 360 g/mol. The van der Waals surface area contributed by atoms with E-state index >= 15 is 0 Å². The van der Waals surface area contributed by atoms with Crippen LogP contribution in [0.4, 0.5) is 5.69 Å². The number of fused-ring (bicyclic) bond motifs is 1. The van der Waals surface area contributed by atoms with Crippen LogP contribution in [0.2, 0.25) is 0 Å². The van der Waals surface area contributed by atoms with Crippen molar-refractivity contribution in [1.29, 1.82) is 0 Å². The molecule has 0 saturated carbocycles. The molecule has 1 aliphatic heterocycles. The zero-order valence-electron chi connectivity index (χ0n) is 15.0. The Bertz CT molecular complexity index is 842. The minimum atomic E-state index is -0.998. The smallest absolute Gasteiger partial charge is 0.344 e. The molecule has 0 radical (unpaired) electrons. The first kappa shape index (κ1) is 17.8. The summed E-state index contributed by atoms with van der Waals surface area (Å²) in [6, 6.07) is 5.03. The fourth-order valence-electron chi connectivity index (χ4n) is 2.52. The van der Waals surface area contributed by atoms with Gasteiger partial charge in [0.1, 0.15) is 5.56 Å². The third-order valence-electron chi connectivity index (χ3n) is 3.91. The second-order valence-corrected chi connectivity index (χ2v) is 6.27. The molecule has 0 aliphatic carbocycles.